The number of carbonyl (C=O) groups excluding carboxylic acids is 1. The summed E-state index contributed by atoms with van der Waals surface area (Å²) in [6, 6.07) is 9.61. The van der Waals surface area contributed by atoms with E-state index >= 15 is 0 Å². The number of nitrogens with zero attached hydrogens (tertiary/aromatic N) is 2. The van der Waals surface area contributed by atoms with Gasteiger partial charge in [-0.1, -0.05) is 0 Å². The topological polar surface area (TPSA) is 23.6 Å². The molecule has 0 saturated heterocycles. The van der Waals surface area contributed by atoms with Gasteiger partial charge in [-0.25, -0.2) is 0 Å². The van der Waals surface area contributed by atoms with E-state index in [0.29, 0.717) is 0 Å². The number of carbonyl (C=O) groups is 1. The quantitative estimate of drug-likeness (QED) is 0.401. The summed E-state index contributed by atoms with van der Waals surface area (Å²) in [5.41, 5.74) is 0.821. The number of hydrogen-bond donors (Lipinski definition) is 0. The van der Waals surface area contributed by atoms with E-state index in [2.05, 4.69) is 16.4 Å². The van der Waals surface area contributed by atoms with E-state index in [1.54, 1.807) is 0 Å². The molecule has 0 aliphatic carbocycles. The van der Waals surface area contributed by atoms with E-state index in [0.717, 1.165) is 5.56 Å². The van der Waals surface area contributed by atoms with Crippen molar-refractivity contribution in [1.82, 2.24) is 4.77 Å². The molecule has 0 bridgehead atoms. The van der Waals surface area contributed by atoms with Crippen LogP contribution in [0.4, 0.5) is 0 Å². The SMILES string of the molecule is C[Te]N([Te]C)N([Te]C)C(=O)c1ccccc1. The first-order valence-corrected chi connectivity index (χ1v) is 14.7. The maximum absolute atomic E-state index is 12.3. The average Bonchev–Trinajstić information content (AvgIpc) is 2.36. The summed E-state index contributed by atoms with van der Waals surface area (Å²) < 4.78 is 4.42. The molecule has 0 aliphatic heterocycles. The molecule has 1 aromatic rings. The van der Waals surface area contributed by atoms with Crippen molar-refractivity contribution in [1.29, 1.82) is 0 Å². The fourth-order valence-corrected chi connectivity index (χ4v) is 11.9. The Morgan fingerprint density at radius 3 is 2.00 bits per heavy atom. The first-order chi connectivity index (χ1) is 7.74. The number of hydrazine groups is 1. The van der Waals surface area contributed by atoms with E-state index in [1.807, 2.05) is 33.6 Å². The molecule has 6 heteroatoms. The first-order valence-electron chi connectivity index (χ1n) is 4.56. The zero-order chi connectivity index (χ0) is 12.0. The number of benzene rings is 1. The summed E-state index contributed by atoms with van der Waals surface area (Å²) in [4.78, 5) is 19.0. The molecule has 3 nitrogen and oxygen atoms in total. The van der Waals surface area contributed by atoms with Crippen LogP contribution in [-0.4, -0.2) is 74.3 Å². The third kappa shape index (κ3) is 4.04. The van der Waals surface area contributed by atoms with Gasteiger partial charge in [-0.3, -0.25) is 0 Å². The Hall–Kier alpha value is 1.02. The van der Waals surface area contributed by atoms with Gasteiger partial charge in [0.2, 0.25) is 0 Å². The molecule has 0 radical (unpaired) electrons. The van der Waals surface area contributed by atoms with Crippen LogP contribution in [0.2, 0.25) is 14.9 Å². The van der Waals surface area contributed by atoms with E-state index in [9.17, 15) is 4.79 Å². The van der Waals surface area contributed by atoms with Crippen molar-refractivity contribution >= 4 is 69.5 Å². The van der Waals surface area contributed by atoms with Crippen molar-refractivity contribution in [2.45, 2.75) is 14.9 Å². The molecule has 0 heterocycles. The second kappa shape index (κ2) is 8.18. The number of amides is 1. The van der Waals surface area contributed by atoms with Crippen LogP contribution in [0.25, 0.3) is 0 Å². The zero-order valence-electron chi connectivity index (χ0n) is 9.41. The normalized spacial score (nSPS) is 10.5. The van der Waals surface area contributed by atoms with Crippen molar-refractivity contribution < 1.29 is 4.79 Å². The fraction of sp³-hybridized carbons (Fsp3) is 0.300. The van der Waals surface area contributed by atoms with Crippen LogP contribution in [0.5, 0.6) is 0 Å². The summed E-state index contributed by atoms with van der Waals surface area (Å²) in [7, 11) is 0. The van der Waals surface area contributed by atoms with Crippen LogP contribution < -0.4 is 0 Å². The van der Waals surface area contributed by atoms with Gasteiger partial charge in [0.05, 0.1) is 0 Å². The van der Waals surface area contributed by atoms with E-state index < -0.39 is 0 Å². The molecule has 0 aliphatic rings. The third-order valence-electron chi connectivity index (χ3n) is 1.83. The van der Waals surface area contributed by atoms with Crippen LogP contribution in [0.1, 0.15) is 10.4 Å². The second-order valence-corrected chi connectivity index (χ2v) is 11.1. The molecule has 1 amide bonds. The predicted octanol–water partition coefficient (Wildman–Crippen LogP) is 1.35. The standard InChI is InChI=1S/C10H14N2OTe3/c1-14-11(12(15-2)16-3)10(13)9-7-5-4-6-8-9/h4-8H,1-3H3. The van der Waals surface area contributed by atoms with Crippen molar-refractivity contribution in [2.75, 3.05) is 0 Å². The Kier molecular flexibility index (Phi) is 7.71. The molecule has 0 fully saturated rings. The summed E-state index contributed by atoms with van der Waals surface area (Å²) in [6.45, 7) is 0. The third-order valence-corrected chi connectivity index (χ3v) is 14.2. The van der Waals surface area contributed by atoms with Crippen molar-refractivity contribution in [2.24, 2.45) is 0 Å². The first kappa shape index (κ1) is 15.1. The van der Waals surface area contributed by atoms with Crippen LogP contribution in [0.3, 0.4) is 0 Å². The Morgan fingerprint density at radius 2 is 1.56 bits per heavy atom. The molecule has 88 valence electrons. The second-order valence-electron chi connectivity index (χ2n) is 2.73. The molecular weight excluding hydrogens is 547 g/mol. The van der Waals surface area contributed by atoms with Gasteiger partial charge in [-0.2, -0.15) is 0 Å². The molecule has 0 atom stereocenters. The zero-order valence-corrected chi connectivity index (χ0v) is 16.4. The number of hydrogen-bond acceptors (Lipinski definition) is 2. The average molecular weight is 561 g/mol. The van der Waals surface area contributed by atoms with Crippen molar-refractivity contribution in [3.8, 4) is 0 Å². The maximum atomic E-state index is 12.3. The minimum absolute atomic E-state index is 0.173. The van der Waals surface area contributed by atoms with Gasteiger partial charge in [0.25, 0.3) is 0 Å². The van der Waals surface area contributed by atoms with E-state index in [1.165, 1.54) is 0 Å². The molecule has 0 aromatic heterocycles. The molecule has 0 spiro atoms. The molecule has 1 rings (SSSR count). The molecule has 16 heavy (non-hydrogen) atoms. The number of rotatable bonds is 5. The summed E-state index contributed by atoms with van der Waals surface area (Å²) in [5, 5.41) is 0. The fourth-order valence-electron chi connectivity index (χ4n) is 1.14. The van der Waals surface area contributed by atoms with Gasteiger partial charge < -0.3 is 0 Å². The van der Waals surface area contributed by atoms with Crippen LogP contribution >= 0.6 is 0 Å². The van der Waals surface area contributed by atoms with Gasteiger partial charge in [-0.05, 0) is 0 Å². The van der Waals surface area contributed by atoms with E-state index in [-0.39, 0.29) is 69.5 Å². The summed E-state index contributed by atoms with van der Waals surface area (Å²) in [6.07, 6.45) is 0. The Labute approximate surface area is 128 Å². The van der Waals surface area contributed by atoms with Gasteiger partial charge in [0.1, 0.15) is 0 Å². The molecule has 0 saturated carbocycles. The summed E-state index contributed by atoms with van der Waals surface area (Å²) in [5.74, 6) is 0.199. The Balaban J connectivity index is 2.85. The molecule has 0 N–H and O–H groups in total. The van der Waals surface area contributed by atoms with Gasteiger partial charge >= 0.3 is 130 Å². The Bertz CT molecular complexity index is 330. The Morgan fingerprint density at radius 1 is 1.00 bits per heavy atom. The molecule has 1 aromatic carbocycles. The van der Waals surface area contributed by atoms with Gasteiger partial charge in [-0.15, -0.1) is 0 Å². The minimum atomic E-state index is -0.379. The predicted molar refractivity (Wildman–Crippen MR) is 69.3 cm³/mol. The van der Waals surface area contributed by atoms with Gasteiger partial charge in [0, 0.05) is 0 Å². The van der Waals surface area contributed by atoms with Crippen molar-refractivity contribution in [3.63, 3.8) is 0 Å². The molecule has 0 unspecified atom stereocenters. The molecular formula is C10H14N2OTe3. The van der Waals surface area contributed by atoms with Crippen LogP contribution in [0.15, 0.2) is 30.3 Å². The van der Waals surface area contributed by atoms with E-state index in [4.69, 9.17) is 0 Å². The van der Waals surface area contributed by atoms with Gasteiger partial charge in [0.15, 0.2) is 0 Å². The summed E-state index contributed by atoms with van der Waals surface area (Å²) >= 11 is -0.726. The monoisotopic (exact) mass is 568 g/mol. The van der Waals surface area contributed by atoms with Crippen LogP contribution in [0, 0.1) is 0 Å². The van der Waals surface area contributed by atoms with Crippen molar-refractivity contribution in [3.05, 3.63) is 35.9 Å². The van der Waals surface area contributed by atoms with Crippen LogP contribution in [-0.2, 0) is 0 Å².